The van der Waals surface area contributed by atoms with Gasteiger partial charge in [0, 0.05) is 22.6 Å². The molecular formula is C28H30O6. The number of methoxy groups -OCH3 is 2. The minimum absolute atomic E-state index is 0.0445. The van der Waals surface area contributed by atoms with Crippen LogP contribution in [0.4, 0.5) is 0 Å². The van der Waals surface area contributed by atoms with Crippen molar-refractivity contribution in [2.45, 2.75) is 39.4 Å². The summed E-state index contributed by atoms with van der Waals surface area (Å²) >= 11 is 0. The average molecular weight is 463 g/mol. The molecule has 0 spiro atoms. The van der Waals surface area contributed by atoms with E-state index in [-0.39, 0.29) is 18.2 Å². The quantitative estimate of drug-likeness (QED) is 0.400. The molecule has 0 saturated heterocycles. The highest BCUT2D eigenvalue weighted by atomic mass is 16.5. The predicted octanol–water partition coefficient (Wildman–Crippen LogP) is 5.09. The summed E-state index contributed by atoms with van der Waals surface area (Å²) in [6.45, 7) is 3.43. The van der Waals surface area contributed by atoms with E-state index in [0.717, 1.165) is 5.56 Å². The summed E-state index contributed by atoms with van der Waals surface area (Å²) in [5, 5.41) is 9.82. The minimum Gasteiger partial charge on any atom is -0.496 e. The van der Waals surface area contributed by atoms with E-state index in [1.807, 2.05) is 37.3 Å². The Labute approximate surface area is 200 Å². The number of aliphatic hydroxyl groups is 1. The number of ether oxygens (including phenoxy) is 3. The van der Waals surface area contributed by atoms with Crippen LogP contribution in [0, 0.1) is 0 Å². The average Bonchev–Trinajstić information content (AvgIpc) is 2.87. The third kappa shape index (κ3) is 5.46. The zero-order chi connectivity index (χ0) is 24.7. The second-order valence-corrected chi connectivity index (χ2v) is 7.95. The first-order valence-corrected chi connectivity index (χ1v) is 11.1. The maximum atomic E-state index is 13.7. The van der Waals surface area contributed by atoms with Gasteiger partial charge in [0.25, 0.3) is 0 Å². The largest absolute Gasteiger partial charge is 0.496 e. The first kappa shape index (κ1) is 25.0. The number of hydrogen-bond acceptors (Lipinski definition) is 6. The normalized spacial score (nSPS) is 11.6. The minimum atomic E-state index is -0.465. The Morgan fingerprint density at radius 1 is 0.912 bits per heavy atom. The van der Waals surface area contributed by atoms with E-state index in [9.17, 15) is 14.7 Å². The second-order valence-electron chi connectivity index (χ2n) is 7.95. The van der Waals surface area contributed by atoms with Crippen molar-refractivity contribution in [2.24, 2.45) is 0 Å². The second kappa shape index (κ2) is 11.5. The lowest BCUT2D eigenvalue weighted by molar-refractivity contribution is -0.118. The van der Waals surface area contributed by atoms with E-state index in [2.05, 4.69) is 0 Å². The molecule has 6 heteroatoms. The predicted molar refractivity (Wildman–Crippen MR) is 130 cm³/mol. The molecule has 3 rings (SSSR count). The van der Waals surface area contributed by atoms with Crippen LogP contribution < -0.4 is 14.2 Å². The smallest absolute Gasteiger partial charge is 0.193 e. The van der Waals surface area contributed by atoms with Gasteiger partial charge in [-0.2, -0.15) is 0 Å². The zero-order valence-corrected chi connectivity index (χ0v) is 20.0. The van der Waals surface area contributed by atoms with Crippen LogP contribution in [0.25, 0.3) is 0 Å². The fraction of sp³-hybridized carbons (Fsp3) is 0.286. The summed E-state index contributed by atoms with van der Waals surface area (Å²) in [7, 11) is 3.04. The lowest BCUT2D eigenvalue weighted by Crippen LogP contribution is -2.15. The van der Waals surface area contributed by atoms with Gasteiger partial charge in [-0.25, -0.2) is 0 Å². The molecular weight excluding hydrogens is 432 g/mol. The number of carbonyl (C=O) groups excluding carboxylic acids is 2. The van der Waals surface area contributed by atoms with Gasteiger partial charge in [0.15, 0.2) is 17.3 Å². The van der Waals surface area contributed by atoms with Gasteiger partial charge in [-0.3, -0.25) is 9.59 Å². The first-order valence-electron chi connectivity index (χ1n) is 11.1. The van der Waals surface area contributed by atoms with Crippen molar-refractivity contribution in [3.8, 4) is 17.2 Å². The maximum Gasteiger partial charge on any atom is 0.193 e. The van der Waals surface area contributed by atoms with E-state index < -0.39 is 5.92 Å². The number of benzene rings is 3. The molecule has 178 valence electrons. The molecule has 0 saturated carbocycles. The molecule has 0 aliphatic carbocycles. The van der Waals surface area contributed by atoms with Crippen LogP contribution in [0.15, 0.2) is 60.7 Å². The van der Waals surface area contributed by atoms with E-state index in [1.54, 1.807) is 37.4 Å². The summed E-state index contributed by atoms with van der Waals surface area (Å²) < 4.78 is 16.8. The molecule has 3 aromatic carbocycles. The van der Waals surface area contributed by atoms with Crippen LogP contribution in [0.2, 0.25) is 0 Å². The van der Waals surface area contributed by atoms with Crippen LogP contribution in [-0.4, -0.2) is 30.9 Å². The molecule has 1 atom stereocenters. The lowest BCUT2D eigenvalue weighted by Gasteiger charge is -2.20. The highest BCUT2D eigenvalue weighted by Gasteiger charge is 2.25. The van der Waals surface area contributed by atoms with Crippen molar-refractivity contribution in [3.05, 3.63) is 88.5 Å². The van der Waals surface area contributed by atoms with Crippen molar-refractivity contribution in [3.63, 3.8) is 0 Å². The third-order valence-corrected chi connectivity index (χ3v) is 5.80. The molecule has 1 unspecified atom stereocenters. The fourth-order valence-electron chi connectivity index (χ4n) is 3.99. The Kier molecular flexibility index (Phi) is 8.44. The van der Waals surface area contributed by atoms with Crippen LogP contribution in [0.3, 0.4) is 0 Å². The van der Waals surface area contributed by atoms with Crippen molar-refractivity contribution in [2.75, 3.05) is 14.2 Å². The zero-order valence-electron chi connectivity index (χ0n) is 20.0. The van der Waals surface area contributed by atoms with Gasteiger partial charge in [0.2, 0.25) is 0 Å². The summed E-state index contributed by atoms with van der Waals surface area (Å²) in [6, 6.07) is 18.0. The first-order chi connectivity index (χ1) is 16.4. The van der Waals surface area contributed by atoms with Crippen molar-refractivity contribution >= 4 is 11.6 Å². The fourth-order valence-corrected chi connectivity index (χ4v) is 3.99. The van der Waals surface area contributed by atoms with Gasteiger partial charge >= 0.3 is 0 Å². The Hall–Kier alpha value is -3.64. The van der Waals surface area contributed by atoms with Crippen LogP contribution in [-0.2, 0) is 18.0 Å². The van der Waals surface area contributed by atoms with E-state index >= 15 is 0 Å². The highest BCUT2D eigenvalue weighted by Crippen LogP contribution is 2.35. The Bertz CT molecular complexity index is 1150. The van der Waals surface area contributed by atoms with Crippen molar-refractivity contribution < 1.29 is 28.9 Å². The monoisotopic (exact) mass is 462 g/mol. The molecule has 0 aliphatic heterocycles. The standard InChI is InChI=1S/C28H30O6/c1-5-22(18(2)30)23-15-26(33-4)21(16-29)13-24(23)28(31)20-11-12-25(32-3)27(14-20)34-17-19-9-7-6-8-10-19/h6-15,22,29H,5,16-17H2,1-4H3. The molecule has 0 heterocycles. The van der Waals surface area contributed by atoms with Crippen molar-refractivity contribution in [1.29, 1.82) is 0 Å². The van der Waals surface area contributed by atoms with E-state index in [4.69, 9.17) is 14.2 Å². The Morgan fingerprint density at radius 2 is 1.62 bits per heavy atom. The van der Waals surface area contributed by atoms with Gasteiger partial charge in [-0.05, 0) is 54.8 Å². The third-order valence-electron chi connectivity index (χ3n) is 5.80. The van der Waals surface area contributed by atoms with Gasteiger partial charge in [0.05, 0.1) is 20.8 Å². The Morgan fingerprint density at radius 3 is 2.21 bits per heavy atom. The number of hydrogen-bond donors (Lipinski definition) is 1. The molecule has 34 heavy (non-hydrogen) atoms. The summed E-state index contributed by atoms with van der Waals surface area (Å²) in [6.07, 6.45) is 0.533. The number of ketones is 2. The SMILES string of the molecule is CCC(C(C)=O)c1cc(OC)c(CO)cc1C(=O)c1ccc(OC)c(OCc2ccccc2)c1. The molecule has 6 nitrogen and oxygen atoms in total. The molecule has 3 aromatic rings. The molecule has 0 fully saturated rings. The molecule has 0 aromatic heterocycles. The molecule has 0 aliphatic rings. The van der Waals surface area contributed by atoms with Gasteiger partial charge < -0.3 is 19.3 Å². The van der Waals surface area contributed by atoms with Crippen LogP contribution in [0.5, 0.6) is 17.2 Å². The Balaban J connectivity index is 2.05. The summed E-state index contributed by atoms with van der Waals surface area (Å²) in [4.78, 5) is 26.0. The number of carbonyl (C=O) groups is 2. The molecule has 0 radical (unpaired) electrons. The highest BCUT2D eigenvalue weighted by molar-refractivity contribution is 6.11. The molecule has 1 N–H and O–H groups in total. The maximum absolute atomic E-state index is 13.7. The van der Waals surface area contributed by atoms with E-state index in [1.165, 1.54) is 14.0 Å². The summed E-state index contributed by atoms with van der Waals surface area (Å²) in [5.74, 6) is 0.598. The van der Waals surface area contributed by atoms with Gasteiger partial charge in [-0.15, -0.1) is 0 Å². The summed E-state index contributed by atoms with van der Waals surface area (Å²) in [5.41, 5.74) is 2.78. The van der Waals surface area contributed by atoms with Crippen LogP contribution in [0.1, 0.15) is 58.8 Å². The number of Topliss-reactive ketones (excluding diaryl/α,β-unsaturated/α-hetero) is 1. The number of aliphatic hydroxyl groups excluding tert-OH is 1. The van der Waals surface area contributed by atoms with Crippen LogP contribution >= 0.6 is 0 Å². The topological polar surface area (TPSA) is 82.1 Å². The number of rotatable bonds is 11. The van der Waals surface area contributed by atoms with Crippen molar-refractivity contribution in [1.82, 2.24) is 0 Å². The van der Waals surface area contributed by atoms with Gasteiger partial charge in [-0.1, -0.05) is 37.3 Å². The lowest BCUT2D eigenvalue weighted by atomic mass is 9.85. The molecule has 0 amide bonds. The van der Waals surface area contributed by atoms with E-state index in [0.29, 0.717) is 52.5 Å². The van der Waals surface area contributed by atoms with Gasteiger partial charge in [0.1, 0.15) is 18.1 Å². The molecule has 0 bridgehead atoms.